The Morgan fingerprint density at radius 2 is 1.67 bits per heavy atom. The minimum Gasteiger partial charge on any atom is -0.379 e. The Morgan fingerprint density at radius 1 is 0.905 bits per heavy atom. The number of ether oxygens (including phenoxy) is 1. The molecule has 2 amide bonds. The van der Waals surface area contributed by atoms with Crippen molar-refractivity contribution in [3.8, 4) is 22.5 Å². The monoisotopic (exact) mass is 564 g/mol. The first-order valence-corrected chi connectivity index (χ1v) is 14.3. The molecule has 214 valence electrons. The third-order valence-electron chi connectivity index (χ3n) is 8.11. The lowest BCUT2D eigenvalue weighted by Crippen LogP contribution is -2.49. The van der Waals surface area contributed by atoms with Crippen molar-refractivity contribution in [1.82, 2.24) is 30.5 Å². The summed E-state index contributed by atoms with van der Waals surface area (Å²) in [6.07, 6.45) is 3.68. The molecule has 11 nitrogen and oxygen atoms in total. The van der Waals surface area contributed by atoms with E-state index in [1.54, 1.807) is 11.1 Å². The van der Waals surface area contributed by atoms with Crippen molar-refractivity contribution in [1.29, 1.82) is 0 Å². The van der Waals surface area contributed by atoms with Gasteiger partial charge in [0.05, 0.1) is 35.7 Å². The van der Waals surface area contributed by atoms with Gasteiger partial charge in [0, 0.05) is 75.0 Å². The molecule has 1 aliphatic carbocycles. The van der Waals surface area contributed by atoms with E-state index in [0.29, 0.717) is 60.1 Å². The molecule has 11 heteroatoms. The van der Waals surface area contributed by atoms with Crippen LogP contribution in [0.1, 0.15) is 21.5 Å². The molecule has 42 heavy (non-hydrogen) atoms. The lowest BCUT2D eigenvalue weighted by atomic mass is 10.0. The van der Waals surface area contributed by atoms with Crippen LogP contribution in [0.5, 0.6) is 0 Å². The van der Waals surface area contributed by atoms with E-state index in [-0.39, 0.29) is 5.78 Å². The topological polar surface area (TPSA) is 119 Å². The van der Waals surface area contributed by atoms with E-state index >= 15 is 0 Å². The predicted octanol–water partition coefficient (Wildman–Crippen LogP) is 3.37. The summed E-state index contributed by atoms with van der Waals surface area (Å²) in [5, 5.41) is 12.3. The van der Waals surface area contributed by atoms with Gasteiger partial charge in [-0.15, -0.1) is 0 Å². The number of aromatic nitrogens is 3. The van der Waals surface area contributed by atoms with Crippen molar-refractivity contribution < 1.29 is 14.3 Å². The number of carbonyl (C=O) groups excluding carboxylic acids is 2. The number of urea groups is 1. The van der Waals surface area contributed by atoms with Crippen molar-refractivity contribution in [2.24, 2.45) is 0 Å². The van der Waals surface area contributed by atoms with Crippen LogP contribution in [0.25, 0.3) is 22.5 Å². The van der Waals surface area contributed by atoms with E-state index < -0.39 is 6.03 Å². The maximum Gasteiger partial charge on any atom is 0.333 e. The van der Waals surface area contributed by atoms with E-state index in [1.807, 2.05) is 36.7 Å². The van der Waals surface area contributed by atoms with E-state index in [2.05, 4.69) is 60.0 Å². The van der Waals surface area contributed by atoms with Crippen LogP contribution in [0, 0.1) is 0 Å². The maximum atomic E-state index is 13.7. The molecular formula is C31H32N8O3. The summed E-state index contributed by atoms with van der Waals surface area (Å²) in [5.74, 6) is -0.151. The van der Waals surface area contributed by atoms with Gasteiger partial charge in [0.25, 0.3) is 0 Å². The SMILES string of the molecule is O=C(Nc1cccc2c1C(=O)c1c-2n[nH]c1-c1ccc(CN2CCN(c3ccncc3)CC2)cc1)NN1CCOCC1. The number of morpholine rings is 1. The summed E-state index contributed by atoms with van der Waals surface area (Å²) in [5.41, 5.74) is 9.64. The van der Waals surface area contributed by atoms with Crippen LogP contribution in [-0.4, -0.2) is 89.4 Å². The van der Waals surface area contributed by atoms with Gasteiger partial charge in [-0.1, -0.05) is 36.4 Å². The zero-order valence-corrected chi connectivity index (χ0v) is 23.2. The van der Waals surface area contributed by atoms with E-state index in [0.717, 1.165) is 38.3 Å². The highest BCUT2D eigenvalue weighted by Crippen LogP contribution is 2.43. The molecule has 3 aliphatic rings. The summed E-state index contributed by atoms with van der Waals surface area (Å²) in [7, 11) is 0. The smallest absolute Gasteiger partial charge is 0.333 e. The van der Waals surface area contributed by atoms with Gasteiger partial charge >= 0.3 is 6.03 Å². The summed E-state index contributed by atoms with van der Waals surface area (Å²) >= 11 is 0. The molecule has 2 saturated heterocycles. The molecule has 0 saturated carbocycles. The third-order valence-corrected chi connectivity index (χ3v) is 8.11. The normalized spacial score (nSPS) is 17.1. The first-order valence-electron chi connectivity index (χ1n) is 14.3. The summed E-state index contributed by atoms with van der Waals surface area (Å²) in [6.45, 7) is 7.17. The second-order valence-corrected chi connectivity index (χ2v) is 10.7. The number of hydrazine groups is 1. The highest BCUT2D eigenvalue weighted by molar-refractivity contribution is 6.26. The van der Waals surface area contributed by atoms with Crippen LogP contribution in [0.15, 0.2) is 67.0 Å². The average Bonchev–Trinajstić information content (AvgIpc) is 3.59. The van der Waals surface area contributed by atoms with Gasteiger partial charge in [0.15, 0.2) is 5.78 Å². The van der Waals surface area contributed by atoms with Crippen LogP contribution < -0.4 is 15.6 Å². The Kier molecular flexibility index (Phi) is 7.12. The molecule has 0 unspecified atom stereocenters. The summed E-state index contributed by atoms with van der Waals surface area (Å²) in [4.78, 5) is 35.4. The molecule has 0 radical (unpaired) electrons. The van der Waals surface area contributed by atoms with E-state index in [9.17, 15) is 9.59 Å². The number of anilines is 2. The van der Waals surface area contributed by atoms with E-state index in [4.69, 9.17) is 4.74 Å². The van der Waals surface area contributed by atoms with Gasteiger partial charge in [0.2, 0.25) is 0 Å². The summed E-state index contributed by atoms with van der Waals surface area (Å²) < 4.78 is 5.33. The van der Waals surface area contributed by atoms with E-state index in [1.165, 1.54) is 11.3 Å². The molecule has 0 atom stereocenters. The molecule has 0 spiro atoms. The lowest BCUT2D eigenvalue weighted by Gasteiger charge is -2.36. The maximum absolute atomic E-state index is 13.7. The second kappa shape index (κ2) is 11.4. The van der Waals surface area contributed by atoms with Crippen molar-refractivity contribution in [2.75, 3.05) is 62.7 Å². The fraction of sp³-hybridized carbons (Fsp3) is 0.290. The number of piperazine rings is 1. The molecule has 0 bridgehead atoms. The number of rotatable bonds is 6. The number of carbonyl (C=O) groups is 2. The van der Waals surface area contributed by atoms with Crippen molar-refractivity contribution in [3.05, 3.63) is 83.7 Å². The number of amides is 2. The Labute approximate surface area is 243 Å². The standard InChI is InChI=1S/C31H32N8O3/c40-30-26-24(2-1-3-25(26)33-31(41)36-39-16-18-42-19-17-39)29-27(30)28(34-35-29)22-6-4-21(5-7-22)20-37-12-14-38(15-13-37)23-8-10-32-11-9-23/h1-11H,12-20H2,(H,34,35)(H2,33,36,41). The Bertz CT molecular complexity index is 1590. The average molecular weight is 565 g/mol. The minimum absolute atomic E-state index is 0.151. The number of hydrogen-bond donors (Lipinski definition) is 3. The Morgan fingerprint density at radius 3 is 2.43 bits per heavy atom. The number of nitrogens with zero attached hydrogens (tertiary/aromatic N) is 5. The molecule has 4 aromatic rings. The van der Waals surface area contributed by atoms with Crippen LogP contribution in [0.4, 0.5) is 16.2 Å². The first kappa shape index (κ1) is 26.3. The predicted molar refractivity (Wildman–Crippen MR) is 159 cm³/mol. The molecule has 2 fully saturated rings. The first-order chi connectivity index (χ1) is 20.6. The zero-order valence-electron chi connectivity index (χ0n) is 23.2. The number of fused-ring (bicyclic) bond motifs is 3. The number of aromatic amines is 1. The quantitative estimate of drug-likeness (QED) is 0.287. The summed E-state index contributed by atoms with van der Waals surface area (Å²) in [6, 6.07) is 17.5. The molecule has 7 rings (SSSR count). The molecule has 2 aliphatic heterocycles. The molecule has 3 N–H and O–H groups in total. The highest BCUT2D eigenvalue weighted by atomic mass is 16.5. The number of H-pyrrole nitrogens is 1. The molecule has 2 aromatic heterocycles. The third kappa shape index (κ3) is 5.13. The minimum atomic E-state index is -0.390. The van der Waals surface area contributed by atoms with Gasteiger partial charge in [-0.05, 0) is 23.8 Å². The number of nitrogens with one attached hydrogen (secondary N) is 3. The number of ketones is 1. The van der Waals surface area contributed by atoms with Gasteiger partial charge in [-0.3, -0.25) is 25.2 Å². The number of pyridine rings is 1. The van der Waals surface area contributed by atoms with Crippen LogP contribution in [0.3, 0.4) is 0 Å². The molecular weight excluding hydrogens is 532 g/mol. The van der Waals surface area contributed by atoms with Crippen LogP contribution >= 0.6 is 0 Å². The van der Waals surface area contributed by atoms with Crippen molar-refractivity contribution >= 4 is 23.2 Å². The van der Waals surface area contributed by atoms with Crippen LogP contribution in [0.2, 0.25) is 0 Å². The van der Waals surface area contributed by atoms with Crippen molar-refractivity contribution in [3.63, 3.8) is 0 Å². The largest absolute Gasteiger partial charge is 0.379 e. The van der Waals surface area contributed by atoms with Gasteiger partial charge in [-0.2, -0.15) is 5.10 Å². The van der Waals surface area contributed by atoms with Crippen molar-refractivity contribution in [2.45, 2.75) is 6.54 Å². The molecule has 4 heterocycles. The molecule has 2 aromatic carbocycles. The lowest BCUT2D eigenvalue weighted by molar-refractivity contribution is 0.0207. The van der Waals surface area contributed by atoms with Gasteiger partial charge in [0.1, 0.15) is 5.69 Å². The zero-order chi connectivity index (χ0) is 28.5. The van der Waals surface area contributed by atoms with Gasteiger partial charge in [-0.25, -0.2) is 9.80 Å². The van der Waals surface area contributed by atoms with Gasteiger partial charge < -0.3 is 15.0 Å². The highest BCUT2D eigenvalue weighted by Gasteiger charge is 2.35. The number of hydrogen-bond acceptors (Lipinski definition) is 8. The Hall–Kier alpha value is -4.58. The fourth-order valence-electron chi connectivity index (χ4n) is 5.91. The second-order valence-electron chi connectivity index (χ2n) is 10.7. The fourth-order valence-corrected chi connectivity index (χ4v) is 5.91. The van der Waals surface area contributed by atoms with Crippen LogP contribution in [-0.2, 0) is 11.3 Å². The number of benzene rings is 2. The Balaban J connectivity index is 1.03.